The van der Waals surface area contributed by atoms with E-state index in [1.165, 1.54) is 12.8 Å². The first kappa shape index (κ1) is 27.3. The molecule has 0 aromatic heterocycles. The standard InChI is InChI=1S/C33H52O4/c1-20-12-17-33(28(35)36-9)19-18-31(7)23(27(33)21(20)2)10-11-25-30(6)15-14-26(37-22(3)34)29(4,5)24(30)13-16-32(25,31)8/h10,20-21,24-27H,11-19H2,1-9H3/t20-,21+,24+,25+,26+,27+,30+,31-,32-,33+/m1/s1. The summed E-state index contributed by atoms with van der Waals surface area (Å²) in [5, 5.41) is 0. The van der Waals surface area contributed by atoms with Gasteiger partial charge in [0.05, 0.1) is 12.5 Å². The van der Waals surface area contributed by atoms with Gasteiger partial charge in [0.1, 0.15) is 6.10 Å². The van der Waals surface area contributed by atoms with Crippen molar-refractivity contribution in [3.05, 3.63) is 11.6 Å². The smallest absolute Gasteiger partial charge is 0.312 e. The Morgan fingerprint density at radius 1 is 0.892 bits per heavy atom. The Hall–Kier alpha value is -1.32. The molecule has 4 heteroatoms. The molecule has 5 aliphatic rings. The van der Waals surface area contributed by atoms with E-state index in [4.69, 9.17) is 9.47 Å². The van der Waals surface area contributed by atoms with Gasteiger partial charge in [-0.05, 0) is 104 Å². The number of ether oxygens (including phenoxy) is 2. The molecule has 4 saturated carbocycles. The van der Waals surface area contributed by atoms with Gasteiger partial charge < -0.3 is 9.47 Å². The lowest BCUT2D eigenvalue weighted by Gasteiger charge is -2.71. The number of hydrogen-bond donors (Lipinski definition) is 0. The minimum Gasteiger partial charge on any atom is -0.469 e. The van der Waals surface area contributed by atoms with Gasteiger partial charge in [-0.15, -0.1) is 0 Å². The molecule has 0 aliphatic heterocycles. The van der Waals surface area contributed by atoms with Crippen LogP contribution >= 0.6 is 0 Å². The Morgan fingerprint density at radius 3 is 2.24 bits per heavy atom. The second-order valence-corrected chi connectivity index (χ2v) is 15.3. The minimum absolute atomic E-state index is 0.0117. The molecule has 0 amide bonds. The van der Waals surface area contributed by atoms with E-state index in [0.29, 0.717) is 29.6 Å². The fourth-order valence-corrected chi connectivity index (χ4v) is 11.4. The number of hydrogen-bond acceptors (Lipinski definition) is 4. The van der Waals surface area contributed by atoms with Crippen LogP contribution in [0.4, 0.5) is 0 Å². The van der Waals surface area contributed by atoms with Crippen LogP contribution < -0.4 is 0 Å². The average molecular weight is 513 g/mol. The number of fused-ring (bicyclic) bond motifs is 7. The Morgan fingerprint density at radius 2 is 1.59 bits per heavy atom. The van der Waals surface area contributed by atoms with E-state index in [1.54, 1.807) is 19.6 Å². The van der Waals surface area contributed by atoms with Crippen molar-refractivity contribution in [3.63, 3.8) is 0 Å². The molecule has 0 heterocycles. The first-order chi connectivity index (χ1) is 17.2. The largest absolute Gasteiger partial charge is 0.469 e. The van der Waals surface area contributed by atoms with Gasteiger partial charge in [-0.25, -0.2) is 0 Å². The first-order valence-corrected chi connectivity index (χ1v) is 15.2. The Balaban J connectivity index is 1.57. The zero-order valence-electron chi connectivity index (χ0n) is 25.0. The maximum absolute atomic E-state index is 13.4. The highest BCUT2D eigenvalue weighted by atomic mass is 16.5. The summed E-state index contributed by atoms with van der Waals surface area (Å²) in [6.07, 6.45) is 12.4. The van der Waals surface area contributed by atoms with E-state index in [1.807, 2.05) is 0 Å². The Labute approximate surface area is 225 Å². The molecule has 0 bridgehead atoms. The molecule has 0 aromatic carbocycles. The Bertz CT molecular complexity index is 996. The molecule has 37 heavy (non-hydrogen) atoms. The van der Waals surface area contributed by atoms with Crippen LogP contribution in [0.25, 0.3) is 0 Å². The van der Waals surface area contributed by atoms with Gasteiger partial charge in [0.2, 0.25) is 0 Å². The highest BCUT2D eigenvalue weighted by Crippen LogP contribution is 2.76. The maximum atomic E-state index is 13.4. The van der Waals surface area contributed by atoms with Crippen molar-refractivity contribution in [2.45, 2.75) is 119 Å². The van der Waals surface area contributed by atoms with Gasteiger partial charge in [-0.3, -0.25) is 9.59 Å². The van der Waals surface area contributed by atoms with Crippen molar-refractivity contribution in [1.29, 1.82) is 0 Å². The van der Waals surface area contributed by atoms with E-state index in [-0.39, 0.29) is 45.1 Å². The van der Waals surface area contributed by atoms with Crippen LogP contribution in [0.2, 0.25) is 0 Å². The summed E-state index contributed by atoms with van der Waals surface area (Å²) in [5.74, 6) is 2.45. The molecule has 208 valence electrons. The van der Waals surface area contributed by atoms with Crippen LogP contribution in [0, 0.1) is 56.7 Å². The maximum Gasteiger partial charge on any atom is 0.312 e. The van der Waals surface area contributed by atoms with Crippen molar-refractivity contribution in [3.8, 4) is 0 Å². The van der Waals surface area contributed by atoms with Gasteiger partial charge >= 0.3 is 11.9 Å². The van der Waals surface area contributed by atoms with Gasteiger partial charge in [0, 0.05) is 12.3 Å². The van der Waals surface area contributed by atoms with Crippen molar-refractivity contribution in [2.24, 2.45) is 56.7 Å². The van der Waals surface area contributed by atoms with E-state index in [0.717, 1.165) is 44.9 Å². The molecule has 4 nitrogen and oxygen atoms in total. The SMILES string of the molecule is COC(=O)[C@]12CC[C@@H](C)[C@H](C)[C@H]1C1=CC[C@H]3[C@@]4(C)CC[C@H](OC(C)=O)C(C)(C)[C@@H]4CC[C@@]3(C)[C@]1(C)CC2. The number of carbonyl (C=O) groups is 2. The van der Waals surface area contributed by atoms with Crippen LogP contribution in [-0.4, -0.2) is 25.2 Å². The molecule has 5 rings (SSSR count). The lowest BCUT2D eigenvalue weighted by molar-refractivity contribution is -0.214. The molecule has 0 N–H and O–H groups in total. The fourth-order valence-electron chi connectivity index (χ4n) is 11.4. The number of carbonyl (C=O) groups excluding carboxylic acids is 2. The van der Waals surface area contributed by atoms with E-state index < -0.39 is 0 Å². The van der Waals surface area contributed by atoms with Gasteiger partial charge in [0.15, 0.2) is 0 Å². The summed E-state index contributed by atoms with van der Waals surface area (Å²) in [4.78, 5) is 25.4. The average Bonchev–Trinajstić information content (AvgIpc) is 2.83. The van der Waals surface area contributed by atoms with Crippen LogP contribution in [0.5, 0.6) is 0 Å². The molecule has 0 saturated heterocycles. The van der Waals surface area contributed by atoms with E-state index >= 15 is 0 Å². The zero-order chi connectivity index (χ0) is 27.2. The number of esters is 2. The molecular weight excluding hydrogens is 460 g/mol. The Kier molecular flexibility index (Phi) is 6.33. The van der Waals surface area contributed by atoms with Crippen molar-refractivity contribution in [2.75, 3.05) is 7.11 Å². The summed E-state index contributed by atoms with van der Waals surface area (Å²) in [5.41, 5.74) is 1.76. The van der Waals surface area contributed by atoms with Crippen molar-refractivity contribution in [1.82, 2.24) is 0 Å². The predicted molar refractivity (Wildman–Crippen MR) is 147 cm³/mol. The summed E-state index contributed by atoms with van der Waals surface area (Å²) >= 11 is 0. The number of methoxy groups -OCH3 is 1. The van der Waals surface area contributed by atoms with Gasteiger partial charge in [-0.1, -0.05) is 60.1 Å². The molecule has 0 radical (unpaired) electrons. The van der Waals surface area contributed by atoms with Crippen LogP contribution in [-0.2, 0) is 19.1 Å². The summed E-state index contributed by atoms with van der Waals surface area (Å²) in [6, 6.07) is 0. The lowest BCUT2D eigenvalue weighted by Crippen LogP contribution is -2.65. The number of allylic oxidation sites excluding steroid dienone is 2. The monoisotopic (exact) mass is 512 g/mol. The molecule has 0 spiro atoms. The fraction of sp³-hybridized carbons (Fsp3) is 0.879. The topological polar surface area (TPSA) is 52.6 Å². The predicted octanol–water partition coefficient (Wildman–Crippen LogP) is 7.75. The molecule has 10 atom stereocenters. The summed E-state index contributed by atoms with van der Waals surface area (Å²) in [6.45, 7) is 18.8. The van der Waals surface area contributed by atoms with Gasteiger partial charge in [-0.2, -0.15) is 0 Å². The van der Waals surface area contributed by atoms with E-state index in [9.17, 15) is 9.59 Å². The van der Waals surface area contributed by atoms with Crippen LogP contribution in [0.15, 0.2) is 11.6 Å². The molecular formula is C33H52O4. The summed E-state index contributed by atoms with van der Waals surface area (Å²) < 4.78 is 11.4. The third kappa shape index (κ3) is 3.45. The molecule has 4 fully saturated rings. The highest BCUT2D eigenvalue weighted by Gasteiger charge is 2.69. The van der Waals surface area contributed by atoms with Gasteiger partial charge in [0.25, 0.3) is 0 Å². The van der Waals surface area contributed by atoms with Crippen molar-refractivity contribution >= 4 is 11.9 Å². The first-order valence-electron chi connectivity index (χ1n) is 15.2. The van der Waals surface area contributed by atoms with Crippen molar-refractivity contribution < 1.29 is 19.1 Å². The second kappa shape index (κ2) is 8.59. The normalized spacial score (nSPS) is 50.4. The minimum atomic E-state index is -0.347. The van der Waals surface area contributed by atoms with Crippen LogP contribution in [0.3, 0.4) is 0 Å². The zero-order valence-corrected chi connectivity index (χ0v) is 25.0. The third-order valence-electron chi connectivity index (χ3n) is 13.8. The molecule has 0 aromatic rings. The van der Waals surface area contributed by atoms with E-state index in [2.05, 4.69) is 54.5 Å². The third-order valence-corrected chi connectivity index (χ3v) is 13.8. The lowest BCUT2D eigenvalue weighted by atomic mass is 9.33. The quantitative estimate of drug-likeness (QED) is 0.280. The highest BCUT2D eigenvalue weighted by molar-refractivity contribution is 5.78. The molecule has 5 aliphatic carbocycles. The van der Waals surface area contributed by atoms with Crippen LogP contribution in [0.1, 0.15) is 113 Å². The summed E-state index contributed by atoms with van der Waals surface area (Å²) in [7, 11) is 1.59. The number of rotatable bonds is 2. The second-order valence-electron chi connectivity index (χ2n) is 15.3. The molecule has 0 unspecified atom stereocenters.